The Bertz CT molecular complexity index is 354. The molecule has 0 atom stereocenters. The molecule has 0 radical (unpaired) electrons. The monoisotopic (exact) mass is 355 g/mol. The van der Waals surface area contributed by atoms with Crippen LogP contribution in [0.25, 0.3) is 0 Å². The largest absolute Gasteiger partial charge is 0.353 e. The number of hydrogen-bond donors (Lipinski definition) is 2. The molecule has 3 fully saturated rings. The van der Waals surface area contributed by atoms with Crippen molar-refractivity contribution >= 4 is 42.5 Å². The zero-order chi connectivity index (χ0) is 13.3. The van der Waals surface area contributed by atoms with Crippen LogP contribution in [0.4, 0.5) is 0 Å². The van der Waals surface area contributed by atoms with Gasteiger partial charge in [0.2, 0.25) is 5.91 Å². The maximum absolute atomic E-state index is 12.1. The number of nitrogens with zero attached hydrogens (tertiary/aromatic N) is 1. The van der Waals surface area contributed by atoms with Crippen LogP contribution >= 0.6 is 36.6 Å². The zero-order valence-corrected chi connectivity index (χ0v) is 14.9. The van der Waals surface area contributed by atoms with Gasteiger partial charge in [-0.05, 0) is 25.7 Å². The second-order valence-electron chi connectivity index (χ2n) is 6.37. The first-order valence-corrected chi connectivity index (χ1v) is 8.70. The Labute approximate surface area is 144 Å². The first-order chi connectivity index (χ1) is 9.15. The number of hydrogen-bond acceptors (Lipinski definition) is 4. The van der Waals surface area contributed by atoms with E-state index in [-0.39, 0.29) is 36.3 Å². The normalized spacial score (nSPS) is 26.3. The highest BCUT2D eigenvalue weighted by atomic mass is 35.5. The lowest BCUT2D eigenvalue weighted by Gasteiger charge is -2.43. The summed E-state index contributed by atoms with van der Waals surface area (Å²) in [4.78, 5) is 14.7. The molecule has 4 nitrogen and oxygen atoms in total. The Hall–Kier alpha value is 0.320. The lowest BCUT2D eigenvalue weighted by molar-refractivity contribution is -0.124. The lowest BCUT2D eigenvalue weighted by Crippen LogP contribution is -2.58. The second kappa shape index (κ2) is 7.73. The van der Waals surface area contributed by atoms with Crippen molar-refractivity contribution < 1.29 is 4.79 Å². The average Bonchev–Trinajstić information content (AvgIpc) is 3.03. The van der Waals surface area contributed by atoms with Crippen LogP contribution in [-0.4, -0.2) is 53.0 Å². The van der Waals surface area contributed by atoms with E-state index >= 15 is 0 Å². The fourth-order valence-corrected chi connectivity index (χ4v) is 4.36. The van der Waals surface area contributed by atoms with Crippen LogP contribution in [0.5, 0.6) is 0 Å². The molecule has 124 valence electrons. The zero-order valence-electron chi connectivity index (χ0n) is 12.4. The minimum Gasteiger partial charge on any atom is -0.353 e. The van der Waals surface area contributed by atoms with Crippen LogP contribution in [0.15, 0.2) is 0 Å². The molecule has 7 heteroatoms. The SMILES string of the molecule is Cl.Cl.NC1(C(=O)NCC2(N3CCSCC3)CCCC2)CC1. The van der Waals surface area contributed by atoms with E-state index in [0.29, 0.717) is 0 Å². The quantitative estimate of drug-likeness (QED) is 0.807. The van der Waals surface area contributed by atoms with Crippen molar-refractivity contribution in [2.45, 2.75) is 49.6 Å². The summed E-state index contributed by atoms with van der Waals surface area (Å²) in [6.45, 7) is 3.15. The molecule has 21 heavy (non-hydrogen) atoms. The van der Waals surface area contributed by atoms with Crippen molar-refractivity contribution in [3.63, 3.8) is 0 Å². The number of nitrogens with two attached hydrogens (primary N) is 1. The molecular formula is C14H27Cl2N3OS. The number of amides is 1. The van der Waals surface area contributed by atoms with Crippen molar-refractivity contribution in [3.05, 3.63) is 0 Å². The molecule has 3 N–H and O–H groups in total. The molecule has 0 spiro atoms. The van der Waals surface area contributed by atoms with Gasteiger partial charge in [0, 0.05) is 36.7 Å². The minimum atomic E-state index is -0.530. The molecular weight excluding hydrogens is 329 g/mol. The molecule has 0 aromatic rings. The van der Waals surface area contributed by atoms with Crippen LogP contribution in [0.3, 0.4) is 0 Å². The van der Waals surface area contributed by atoms with Crippen LogP contribution in [0.2, 0.25) is 0 Å². The van der Waals surface area contributed by atoms with Crippen LogP contribution in [0, 0.1) is 0 Å². The Balaban J connectivity index is 0.00000110. The van der Waals surface area contributed by atoms with Gasteiger partial charge in [0.15, 0.2) is 0 Å². The van der Waals surface area contributed by atoms with Gasteiger partial charge in [-0.15, -0.1) is 24.8 Å². The number of halogens is 2. The summed E-state index contributed by atoms with van der Waals surface area (Å²) in [5, 5.41) is 3.15. The predicted molar refractivity (Wildman–Crippen MR) is 93.8 cm³/mol. The number of carbonyl (C=O) groups is 1. The molecule has 1 amide bonds. The number of rotatable bonds is 4. The Morgan fingerprint density at radius 3 is 2.19 bits per heavy atom. The van der Waals surface area contributed by atoms with E-state index in [1.165, 1.54) is 50.3 Å². The van der Waals surface area contributed by atoms with E-state index in [2.05, 4.69) is 10.2 Å². The third kappa shape index (κ3) is 4.20. The van der Waals surface area contributed by atoms with Gasteiger partial charge in [-0.1, -0.05) is 12.8 Å². The van der Waals surface area contributed by atoms with Gasteiger partial charge in [-0.3, -0.25) is 9.69 Å². The summed E-state index contributed by atoms with van der Waals surface area (Å²) in [7, 11) is 0. The fourth-order valence-electron chi connectivity index (χ4n) is 3.46. The molecule has 0 aromatic heterocycles. The van der Waals surface area contributed by atoms with Gasteiger partial charge in [-0.25, -0.2) is 0 Å². The van der Waals surface area contributed by atoms with Gasteiger partial charge < -0.3 is 11.1 Å². The van der Waals surface area contributed by atoms with Crippen LogP contribution in [0.1, 0.15) is 38.5 Å². The maximum atomic E-state index is 12.1. The predicted octanol–water partition coefficient (Wildman–Crippen LogP) is 1.80. The van der Waals surface area contributed by atoms with Gasteiger partial charge in [-0.2, -0.15) is 11.8 Å². The van der Waals surface area contributed by atoms with E-state index in [4.69, 9.17) is 5.73 Å². The molecule has 1 aliphatic heterocycles. The highest BCUT2D eigenvalue weighted by Crippen LogP contribution is 2.37. The van der Waals surface area contributed by atoms with Crippen molar-refractivity contribution in [1.29, 1.82) is 0 Å². The summed E-state index contributed by atoms with van der Waals surface area (Å²) in [6, 6.07) is 0. The van der Waals surface area contributed by atoms with Crippen LogP contribution in [-0.2, 0) is 4.79 Å². The first-order valence-electron chi connectivity index (χ1n) is 7.55. The van der Waals surface area contributed by atoms with E-state index in [1.807, 2.05) is 11.8 Å². The van der Waals surface area contributed by atoms with Crippen molar-refractivity contribution in [2.24, 2.45) is 5.73 Å². The second-order valence-corrected chi connectivity index (χ2v) is 7.59. The van der Waals surface area contributed by atoms with E-state index in [0.717, 1.165) is 19.4 Å². The number of carbonyl (C=O) groups excluding carboxylic acids is 1. The summed E-state index contributed by atoms with van der Waals surface area (Å²) < 4.78 is 0. The molecule has 1 heterocycles. The third-order valence-corrected chi connectivity index (χ3v) is 5.98. The highest BCUT2D eigenvalue weighted by molar-refractivity contribution is 7.99. The Morgan fingerprint density at radius 1 is 1.10 bits per heavy atom. The molecule has 1 saturated heterocycles. The maximum Gasteiger partial charge on any atom is 0.240 e. The fraction of sp³-hybridized carbons (Fsp3) is 0.929. The molecule has 3 aliphatic rings. The van der Waals surface area contributed by atoms with Gasteiger partial charge in [0.25, 0.3) is 0 Å². The van der Waals surface area contributed by atoms with Gasteiger partial charge in [0.1, 0.15) is 0 Å². The number of nitrogens with one attached hydrogen (secondary N) is 1. The molecule has 0 aromatic carbocycles. The number of thioether (sulfide) groups is 1. The van der Waals surface area contributed by atoms with Crippen molar-refractivity contribution in [2.75, 3.05) is 31.1 Å². The molecule has 0 bridgehead atoms. The standard InChI is InChI=1S/C14H25N3OS.2ClH/c15-14(5-6-14)12(18)16-11-13(3-1-2-4-13)17-7-9-19-10-8-17;;/h1-11,15H2,(H,16,18);2*1H. The van der Waals surface area contributed by atoms with Crippen molar-refractivity contribution in [3.8, 4) is 0 Å². The topological polar surface area (TPSA) is 58.4 Å². The molecule has 0 unspecified atom stereocenters. The highest BCUT2D eigenvalue weighted by Gasteiger charge is 2.47. The lowest BCUT2D eigenvalue weighted by atomic mass is 9.94. The summed E-state index contributed by atoms with van der Waals surface area (Å²) in [5.74, 6) is 2.54. The van der Waals surface area contributed by atoms with E-state index in [1.54, 1.807) is 0 Å². The average molecular weight is 356 g/mol. The van der Waals surface area contributed by atoms with Crippen LogP contribution < -0.4 is 11.1 Å². The molecule has 3 rings (SSSR count). The van der Waals surface area contributed by atoms with Gasteiger partial charge in [0.05, 0.1) is 5.54 Å². The van der Waals surface area contributed by atoms with E-state index < -0.39 is 5.54 Å². The minimum absolute atomic E-state index is 0. The van der Waals surface area contributed by atoms with Crippen molar-refractivity contribution in [1.82, 2.24) is 10.2 Å². The van der Waals surface area contributed by atoms with E-state index in [9.17, 15) is 4.79 Å². The third-order valence-electron chi connectivity index (χ3n) is 5.04. The molecule has 2 aliphatic carbocycles. The Morgan fingerprint density at radius 2 is 1.67 bits per heavy atom. The first kappa shape index (κ1) is 19.4. The summed E-state index contributed by atoms with van der Waals surface area (Å²) in [6.07, 6.45) is 6.77. The summed E-state index contributed by atoms with van der Waals surface area (Å²) >= 11 is 2.05. The van der Waals surface area contributed by atoms with Gasteiger partial charge >= 0.3 is 0 Å². The summed E-state index contributed by atoms with van der Waals surface area (Å²) in [5.41, 5.74) is 5.66. The molecule has 2 saturated carbocycles. The Kier molecular flexibility index (Phi) is 7.13. The smallest absolute Gasteiger partial charge is 0.240 e.